The zero-order valence-electron chi connectivity index (χ0n) is 9.30. The first-order chi connectivity index (χ1) is 8.47. The Kier molecular flexibility index (Phi) is 3.91. The number of alkyl halides is 3. The second kappa shape index (κ2) is 5.27. The molecule has 1 aromatic heterocycles. The number of anilines is 1. The molecule has 4 nitrogen and oxygen atoms in total. The van der Waals surface area contributed by atoms with Crippen LogP contribution in [0.4, 0.5) is 19.0 Å². The van der Waals surface area contributed by atoms with Gasteiger partial charge in [-0.15, -0.1) is 0 Å². The highest BCUT2D eigenvalue weighted by atomic mass is 35.5. The van der Waals surface area contributed by atoms with Crippen LogP contribution in [0.25, 0.3) is 0 Å². The number of hydrogen-bond donors (Lipinski definition) is 1. The molecule has 0 unspecified atom stereocenters. The molecule has 1 atom stereocenters. The molecule has 18 heavy (non-hydrogen) atoms. The average molecular weight is 282 g/mol. The number of nitrogens with zero attached hydrogens (tertiary/aromatic N) is 2. The summed E-state index contributed by atoms with van der Waals surface area (Å²) in [6.45, 7) is 0.916. The van der Waals surface area contributed by atoms with Crippen molar-refractivity contribution in [3.63, 3.8) is 0 Å². The highest BCUT2D eigenvalue weighted by Crippen LogP contribution is 2.33. The van der Waals surface area contributed by atoms with E-state index < -0.39 is 11.7 Å². The Labute approximate surface area is 107 Å². The first-order valence-electron chi connectivity index (χ1n) is 5.42. The number of aromatic nitrogens is 2. The second-order valence-electron chi connectivity index (χ2n) is 3.92. The predicted molar refractivity (Wildman–Crippen MR) is 59.5 cm³/mol. The minimum absolute atomic E-state index is 0.0835. The van der Waals surface area contributed by atoms with Gasteiger partial charge in [0, 0.05) is 19.3 Å². The summed E-state index contributed by atoms with van der Waals surface area (Å²) in [7, 11) is 0. The maximum atomic E-state index is 12.7. The molecule has 0 radical (unpaired) electrons. The molecule has 1 aliphatic heterocycles. The van der Waals surface area contributed by atoms with Crippen molar-refractivity contribution in [2.75, 3.05) is 18.5 Å². The maximum Gasteiger partial charge on any atom is 0.421 e. The first kappa shape index (κ1) is 13.4. The number of halogens is 4. The molecular weight excluding hydrogens is 271 g/mol. The van der Waals surface area contributed by atoms with E-state index in [4.69, 9.17) is 16.3 Å². The third-order valence-electron chi connectivity index (χ3n) is 2.59. The number of ether oxygens (including phenoxy) is 1. The second-order valence-corrected chi connectivity index (χ2v) is 4.25. The summed E-state index contributed by atoms with van der Waals surface area (Å²) in [6.07, 6.45) is -2.17. The van der Waals surface area contributed by atoms with Gasteiger partial charge in [0.15, 0.2) is 0 Å². The molecule has 0 saturated carbocycles. The van der Waals surface area contributed by atoms with Gasteiger partial charge in [-0.3, -0.25) is 0 Å². The molecule has 2 heterocycles. The van der Waals surface area contributed by atoms with Crippen LogP contribution >= 0.6 is 11.6 Å². The number of rotatable bonds is 3. The smallest absolute Gasteiger partial charge is 0.376 e. The maximum absolute atomic E-state index is 12.7. The van der Waals surface area contributed by atoms with E-state index in [-0.39, 0.29) is 23.8 Å². The monoisotopic (exact) mass is 281 g/mol. The Bertz CT molecular complexity index is 421. The summed E-state index contributed by atoms with van der Waals surface area (Å²) >= 11 is 5.50. The molecule has 1 saturated heterocycles. The van der Waals surface area contributed by atoms with Gasteiger partial charge in [-0.1, -0.05) is 0 Å². The van der Waals surface area contributed by atoms with Crippen molar-refractivity contribution in [2.45, 2.75) is 25.1 Å². The summed E-state index contributed by atoms with van der Waals surface area (Å²) in [5.74, 6) is -0.307. The molecule has 1 aliphatic rings. The zero-order valence-corrected chi connectivity index (χ0v) is 10.1. The van der Waals surface area contributed by atoms with Crippen molar-refractivity contribution in [1.82, 2.24) is 9.97 Å². The van der Waals surface area contributed by atoms with E-state index in [0.717, 1.165) is 12.8 Å². The van der Waals surface area contributed by atoms with Crippen molar-refractivity contribution in [3.8, 4) is 0 Å². The van der Waals surface area contributed by atoms with Crippen LogP contribution in [0.1, 0.15) is 18.4 Å². The highest BCUT2D eigenvalue weighted by Gasteiger charge is 2.35. The molecule has 8 heteroatoms. The number of nitrogens with one attached hydrogen (secondary N) is 1. The van der Waals surface area contributed by atoms with E-state index in [1.807, 2.05) is 0 Å². The summed E-state index contributed by atoms with van der Waals surface area (Å²) in [5.41, 5.74) is -0.926. The lowest BCUT2D eigenvalue weighted by atomic mass is 10.2. The van der Waals surface area contributed by atoms with E-state index in [9.17, 15) is 13.2 Å². The minimum Gasteiger partial charge on any atom is -0.376 e. The Hall–Kier alpha value is -1.08. The molecular formula is C10H11ClF3N3O. The van der Waals surface area contributed by atoms with E-state index in [1.54, 1.807) is 0 Å². The quantitative estimate of drug-likeness (QED) is 0.866. The molecule has 0 spiro atoms. The Morgan fingerprint density at radius 1 is 1.50 bits per heavy atom. The minimum atomic E-state index is -4.51. The fraction of sp³-hybridized carbons (Fsp3) is 0.600. The molecule has 1 N–H and O–H groups in total. The van der Waals surface area contributed by atoms with Gasteiger partial charge in [-0.05, 0) is 24.4 Å². The van der Waals surface area contributed by atoms with Gasteiger partial charge in [0.25, 0.3) is 0 Å². The van der Waals surface area contributed by atoms with Crippen molar-refractivity contribution in [1.29, 1.82) is 0 Å². The Morgan fingerprint density at radius 3 is 2.89 bits per heavy atom. The van der Waals surface area contributed by atoms with Crippen LogP contribution in [0.15, 0.2) is 6.20 Å². The van der Waals surface area contributed by atoms with Crippen LogP contribution in [0.2, 0.25) is 5.28 Å². The van der Waals surface area contributed by atoms with Gasteiger partial charge in [-0.2, -0.15) is 13.2 Å². The van der Waals surface area contributed by atoms with Crippen LogP contribution in [-0.2, 0) is 10.9 Å². The zero-order chi connectivity index (χ0) is 13.2. The molecule has 2 rings (SSSR count). The van der Waals surface area contributed by atoms with Crippen LogP contribution < -0.4 is 5.32 Å². The standard InChI is InChI=1S/C10H11ClF3N3O/c11-9-16-5-7(10(12,13)14)8(17-9)15-4-6-2-1-3-18-6/h5-6H,1-4H2,(H,15,16,17)/t6-/m0/s1. The fourth-order valence-corrected chi connectivity index (χ4v) is 1.85. The van der Waals surface area contributed by atoms with Gasteiger partial charge >= 0.3 is 6.18 Å². The van der Waals surface area contributed by atoms with Gasteiger partial charge in [0.2, 0.25) is 5.28 Å². The summed E-state index contributed by atoms with van der Waals surface area (Å²) in [4.78, 5) is 6.92. The van der Waals surface area contributed by atoms with Gasteiger partial charge < -0.3 is 10.1 Å². The molecule has 0 aromatic carbocycles. The molecule has 1 aromatic rings. The Morgan fingerprint density at radius 2 is 2.28 bits per heavy atom. The van der Waals surface area contributed by atoms with E-state index in [1.165, 1.54) is 0 Å². The van der Waals surface area contributed by atoms with E-state index >= 15 is 0 Å². The predicted octanol–water partition coefficient (Wildman–Crippen LogP) is 2.74. The third-order valence-corrected chi connectivity index (χ3v) is 2.77. The lowest BCUT2D eigenvalue weighted by Gasteiger charge is -2.15. The molecule has 0 amide bonds. The molecule has 100 valence electrons. The average Bonchev–Trinajstić information content (AvgIpc) is 2.77. The third kappa shape index (κ3) is 3.23. The summed E-state index contributed by atoms with van der Waals surface area (Å²) < 4.78 is 43.4. The van der Waals surface area contributed by atoms with Crippen molar-refractivity contribution in [2.24, 2.45) is 0 Å². The summed E-state index contributed by atoms with van der Waals surface area (Å²) in [6, 6.07) is 0. The van der Waals surface area contributed by atoms with Crippen molar-refractivity contribution >= 4 is 17.4 Å². The molecule has 1 fully saturated rings. The highest BCUT2D eigenvalue weighted by molar-refractivity contribution is 6.28. The van der Waals surface area contributed by atoms with Crippen LogP contribution in [-0.4, -0.2) is 29.2 Å². The van der Waals surface area contributed by atoms with Crippen LogP contribution in [0.3, 0.4) is 0 Å². The van der Waals surface area contributed by atoms with Gasteiger partial charge in [-0.25, -0.2) is 9.97 Å². The normalized spacial score (nSPS) is 20.1. The van der Waals surface area contributed by atoms with Crippen LogP contribution in [0, 0.1) is 0 Å². The summed E-state index contributed by atoms with van der Waals surface area (Å²) in [5, 5.41) is 2.40. The fourth-order valence-electron chi connectivity index (χ4n) is 1.72. The van der Waals surface area contributed by atoms with Crippen molar-refractivity contribution < 1.29 is 17.9 Å². The van der Waals surface area contributed by atoms with Gasteiger partial charge in [0.1, 0.15) is 11.4 Å². The van der Waals surface area contributed by atoms with E-state index in [2.05, 4.69) is 15.3 Å². The first-order valence-corrected chi connectivity index (χ1v) is 5.80. The number of hydrogen-bond acceptors (Lipinski definition) is 4. The molecule has 0 aliphatic carbocycles. The largest absolute Gasteiger partial charge is 0.421 e. The lowest BCUT2D eigenvalue weighted by molar-refractivity contribution is -0.137. The van der Waals surface area contributed by atoms with Crippen LogP contribution in [0.5, 0.6) is 0 Å². The van der Waals surface area contributed by atoms with E-state index in [0.29, 0.717) is 12.8 Å². The van der Waals surface area contributed by atoms with Crippen molar-refractivity contribution in [3.05, 3.63) is 17.0 Å². The Balaban J connectivity index is 2.12. The topological polar surface area (TPSA) is 47.0 Å². The van der Waals surface area contributed by atoms with Gasteiger partial charge in [0.05, 0.1) is 6.10 Å². The SMILES string of the molecule is FC(F)(F)c1cnc(Cl)nc1NC[C@@H]1CCCO1. The molecule has 0 bridgehead atoms. The lowest BCUT2D eigenvalue weighted by Crippen LogP contribution is -2.21.